The van der Waals surface area contributed by atoms with E-state index in [0.717, 1.165) is 5.56 Å². The molecule has 0 atom stereocenters. The zero-order valence-corrected chi connectivity index (χ0v) is 15.1. The number of ether oxygens (including phenoxy) is 2. The third-order valence-electron chi connectivity index (χ3n) is 3.91. The first-order valence-corrected chi connectivity index (χ1v) is 9.05. The molecule has 4 rings (SSSR count). The zero-order valence-electron chi connectivity index (χ0n) is 14.3. The molecule has 1 aliphatic rings. The molecule has 1 aromatic heterocycles. The lowest BCUT2D eigenvalue weighted by atomic mass is 10.1. The van der Waals surface area contributed by atoms with E-state index in [9.17, 15) is 14.9 Å². The number of nitro benzene ring substituents is 1. The molecule has 1 N–H and O–H groups in total. The second-order valence-corrected chi connectivity index (χ2v) is 6.64. The Morgan fingerprint density at radius 1 is 1.21 bits per heavy atom. The van der Waals surface area contributed by atoms with Gasteiger partial charge >= 0.3 is 0 Å². The number of benzene rings is 2. The van der Waals surface area contributed by atoms with E-state index in [-0.39, 0.29) is 18.4 Å². The second kappa shape index (κ2) is 7.49. The van der Waals surface area contributed by atoms with Crippen LogP contribution in [0.2, 0.25) is 0 Å². The summed E-state index contributed by atoms with van der Waals surface area (Å²) in [6.45, 7) is 0.202. The minimum atomic E-state index is -0.482. The van der Waals surface area contributed by atoms with Gasteiger partial charge in [0.25, 0.3) is 5.69 Å². The van der Waals surface area contributed by atoms with Crippen molar-refractivity contribution in [2.45, 2.75) is 0 Å². The first-order chi connectivity index (χ1) is 13.6. The van der Waals surface area contributed by atoms with Crippen LogP contribution >= 0.6 is 11.3 Å². The quantitative estimate of drug-likeness (QED) is 0.396. The van der Waals surface area contributed by atoms with E-state index in [0.29, 0.717) is 27.9 Å². The van der Waals surface area contributed by atoms with Crippen molar-refractivity contribution in [3.63, 3.8) is 0 Å². The second-order valence-electron chi connectivity index (χ2n) is 5.78. The fraction of sp³-hybridized carbons (Fsp3) is 0.0526. The summed E-state index contributed by atoms with van der Waals surface area (Å²) in [6, 6.07) is 11.6. The maximum absolute atomic E-state index is 12.1. The highest BCUT2D eigenvalue weighted by atomic mass is 32.1. The van der Waals surface area contributed by atoms with Gasteiger partial charge in [0, 0.05) is 29.2 Å². The van der Waals surface area contributed by atoms with Gasteiger partial charge in [-0.05, 0) is 29.8 Å². The SMILES string of the molecule is O=C(/C=C/c1cccc([N+](=O)[O-])c1)Nc1nc(-c2ccc3c(c2)OCO3)cs1. The minimum Gasteiger partial charge on any atom is -0.454 e. The van der Waals surface area contributed by atoms with Crippen LogP contribution in [0, 0.1) is 10.1 Å². The molecule has 2 aromatic carbocycles. The fourth-order valence-electron chi connectivity index (χ4n) is 2.58. The summed E-state index contributed by atoms with van der Waals surface area (Å²) < 4.78 is 10.7. The summed E-state index contributed by atoms with van der Waals surface area (Å²) in [5, 5.41) is 15.8. The normalized spacial score (nSPS) is 12.3. The highest BCUT2D eigenvalue weighted by molar-refractivity contribution is 7.14. The van der Waals surface area contributed by atoms with E-state index >= 15 is 0 Å². The van der Waals surface area contributed by atoms with Crippen LogP contribution in [0.25, 0.3) is 17.3 Å². The summed E-state index contributed by atoms with van der Waals surface area (Å²) in [4.78, 5) is 26.8. The van der Waals surface area contributed by atoms with Crippen molar-refractivity contribution < 1.29 is 19.2 Å². The molecule has 0 aliphatic carbocycles. The molecule has 0 radical (unpaired) electrons. The van der Waals surface area contributed by atoms with Gasteiger partial charge in [0.15, 0.2) is 16.6 Å². The number of amides is 1. The van der Waals surface area contributed by atoms with Crippen LogP contribution in [0.3, 0.4) is 0 Å². The van der Waals surface area contributed by atoms with Crippen molar-refractivity contribution >= 4 is 34.1 Å². The van der Waals surface area contributed by atoms with Crippen LogP contribution in [0.4, 0.5) is 10.8 Å². The predicted octanol–water partition coefficient (Wildman–Crippen LogP) is 4.10. The maximum Gasteiger partial charge on any atom is 0.270 e. The Bertz CT molecular complexity index is 1090. The lowest BCUT2D eigenvalue weighted by molar-refractivity contribution is -0.384. The van der Waals surface area contributed by atoms with Crippen LogP contribution in [0.15, 0.2) is 53.9 Å². The van der Waals surface area contributed by atoms with Crippen molar-refractivity contribution in [2.75, 3.05) is 12.1 Å². The largest absolute Gasteiger partial charge is 0.454 e. The fourth-order valence-corrected chi connectivity index (χ4v) is 3.30. The van der Waals surface area contributed by atoms with Gasteiger partial charge < -0.3 is 9.47 Å². The van der Waals surface area contributed by atoms with Crippen molar-refractivity contribution in [2.24, 2.45) is 0 Å². The maximum atomic E-state index is 12.1. The molecule has 9 heteroatoms. The van der Waals surface area contributed by atoms with E-state index in [1.54, 1.807) is 12.1 Å². The number of nitrogens with one attached hydrogen (secondary N) is 1. The lowest BCUT2D eigenvalue weighted by Crippen LogP contribution is -2.07. The first-order valence-electron chi connectivity index (χ1n) is 8.17. The Morgan fingerprint density at radius 2 is 2.07 bits per heavy atom. The third-order valence-corrected chi connectivity index (χ3v) is 4.67. The predicted molar refractivity (Wildman–Crippen MR) is 104 cm³/mol. The van der Waals surface area contributed by atoms with Gasteiger partial charge in [-0.1, -0.05) is 12.1 Å². The van der Waals surface area contributed by atoms with Crippen molar-refractivity contribution in [1.82, 2.24) is 4.98 Å². The smallest absolute Gasteiger partial charge is 0.270 e. The Balaban J connectivity index is 1.43. The molecule has 3 aromatic rings. The minimum absolute atomic E-state index is 0.0316. The van der Waals surface area contributed by atoms with Crippen LogP contribution in [-0.4, -0.2) is 22.6 Å². The van der Waals surface area contributed by atoms with Gasteiger partial charge in [-0.2, -0.15) is 0 Å². The average Bonchev–Trinajstić information content (AvgIpc) is 3.35. The van der Waals surface area contributed by atoms with Gasteiger partial charge in [-0.25, -0.2) is 4.98 Å². The first kappa shape index (κ1) is 17.7. The van der Waals surface area contributed by atoms with Gasteiger partial charge in [-0.3, -0.25) is 20.2 Å². The molecule has 1 amide bonds. The number of carbonyl (C=O) groups is 1. The van der Waals surface area contributed by atoms with Crippen LogP contribution in [-0.2, 0) is 4.79 Å². The number of thiazole rings is 1. The molecule has 0 unspecified atom stereocenters. The Morgan fingerprint density at radius 3 is 2.93 bits per heavy atom. The Labute approximate surface area is 163 Å². The summed E-state index contributed by atoms with van der Waals surface area (Å²) >= 11 is 1.30. The molecule has 0 spiro atoms. The zero-order chi connectivity index (χ0) is 19.5. The summed E-state index contributed by atoms with van der Waals surface area (Å²) in [5.41, 5.74) is 2.09. The summed E-state index contributed by atoms with van der Waals surface area (Å²) in [6.07, 6.45) is 2.81. The highest BCUT2D eigenvalue weighted by Crippen LogP contribution is 2.36. The van der Waals surface area contributed by atoms with E-state index < -0.39 is 4.92 Å². The van der Waals surface area contributed by atoms with Crippen molar-refractivity contribution in [3.8, 4) is 22.8 Å². The number of non-ortho nitro benzene ring substituents is 1. The number of hydrogen-bond donors (Lipinski definition) is 1. The number of nitrogens with zero attached hydrogens (tertiary/aromatic N) is 2. The third kappa shape index (κ3) is 3.84. The molecule has 1 aliphatic heterocycles. The van der Waals surface area contributed by atoms with Crippen LogP contribution < -0.4 is 14.8 Å². The Hall–Kier alpha value is -3.72. The average molecular weight is 395 g/mol. The molecule has 0 saturated heterocycles. The standard InChI is InChI=1S/C19H13N3O5S/c23-18(7-4-12-2-1-3-14(8-12)22(24)25)21-19-20-15(10-28-19)13-5-6-16-17(9-13)27-11-26-16/h1-10H,11H2,(H,20,21,23)/b7-4+. The van der Waals surface area contributed by atoms with E-state index in [1.807, 2.05) is 23.6 Å². The molecule has 0 bridgehead atoms. The summed E-state index contributed by atoms with van der Waals surface area (Å²) in [5.74, 6) is 0.979. The molecule has 140 valence electrons. The molecule has 0 fully saturated rings. The topological polar surface area (TPSA) is 104 Å². The number of rotatable bonds is 5. The van der Waals surface area contributed by atoms with Gasteiger partial charge in [0.1, 0.15) is 0 Å². The monoisotopic (exact) mass is 395 g/mol. The molecular weight excluding hydrogens is 382 g/mol. The van der Waals surface area contributed by atoms with Gasteiger partial charge in [0.2, 0.25) is 12.7 Å². The molecular formula is C19H13N3O5S. The molecule has 8 nitrogen and oxygen atoms in total. The molecule has 28 heavy (non-hydrogen) atoms. The molecule has 2 heterocycles. The Kier molecular flexibility index (Phi) is 4.73. The number of fused-ring (bicyclic) bond motifs is 1. The van der Waals surface area contributed by atoms with Gasteiger partial charge in [0.05, 0.1) is 10.6 Å². The van der Waals surface area contributed by atoms with E-state index in [2.05, 4.69) is 10.3 Å². The van der Waals surface area contributed by atoms with E-state index in [4.69, 9.17) is 9.47 Å². The number of hydrogen-bond acceptors (Lipinski definition) is 7. The molecule has 0 saturated carbocycles. The van der Waals surface area contributed by atoms with Crippen LogP contribution in [0.5, 0.6) is 11.5 Å². The lowest BCUT2D eigenvalue weighted by Gasteiger charge is -2.00. The number of aromatic nitrogens is 1. The number of carbonyl (C=O) groups excluding carboxylic acids is 1. The number of nitro groups is 1. The van der Waals surface area contributed by atoms with Crippen molar-refractivity contribution in [1.29, 1.82) is 0 Å². The highest BCUT2D eigenvalue weighted by Gasteiger charge is 2.15. The van der Waals surface area contributed by atoms with Crippen molar-refractivity contribution in [3.05, 3.63) is 69.6 Å². The van der Waals surface area contributed by atoms with Gasteiger partial charge in [-0.15, -0.1) is 11.3 Å². The number of anilines is 1. The summed E-state index contributed by atoms with van der Waals surface area (Å²) in [7, 11) is 0. The van der Waals surface area contributed by atoms with E-state index in [1.165, 1.54) is 35.6 Å². The van der Waals surface area contributed by atoms with Crippen LogP contribution in [0.1, 0.15) is 5.56 Å².